The van der Waals surface area contributed by atoms with Crippen LogP contribution in [0.1, 0.15) is 62.4 Å². The summed E-state index contributed by atoms with van der Waals surface area (Å²) in [6, 6.07) is 13.5. The van der Waals surface area contributed by atoms with Crippen LogP contribution in [0.25, 0.3) is 0 Å². The van der Waals surface area contributed by atoms with E-state index in [0.717, 1.165) is 24.0 Å². The van der Waals surface area contributed by atoms with E-state index in [1.165, 1.54) is 4.90 Å². The summed E-state index contributed by atoms with van der Waals surface area (Å²) in [4.78, 5) is 25.5. The Hall–Kier alpha value is -3.30. The van der Waals surface area contributed by atoms with Crippen LogP contribution in [-0.2, 0) is 16.1 Å². The van der Waals surface area contributed by atoms with Gasteiger partial charge in [0, 0.05) is 35.7 Å². The number of nitrogens with zero attached hydrogens (tertiary/aromatic N) is 1. The van der Waals surface area contributed by atoms with Gasteiger partial charge in [-0.1, -0.05) is 30.0 Å². The molecule has 1 fully saturated rings. The number of unbranched alkanes of at least 4 members (excludes halogenated alkanes) is 2. The summed E-state index contributed by atoms with van der Waals surface area (Å²) in [5.74, 6) is 6.21. The Morgan fingerprint density at radius 1 is 1.15 bits per heavy atom. The van der Waals surface area contributed by atoms with Crippen LogP contribution in [0.4, 0.5) is 0 Å². The van der Waals surface area contributed by atoms with Crippen LogP contribution < -0.4 is 4.74 Å². The van der Waals surface area contributed by atoms with Crippen LogP contribution in [0.5, 0.6) is 5.75 Å². The molecule has 0 bridgehead atoms. The third kappa shape index (κ3) is 7.64. The fourth-order valence-electron chi connectivity index (χ4n) is 3.47. The van der Waals surface area contributed by atoms with Crippen molar-refractivity contribution < 1.29 is 25.5 Å². The van der Waals surface area contributed by atoms with Gasteiger partial charge in [0.25, 0.3) is 5.91 Å². The number of carbonyl (C=O) groups is 2. The molecule has 1 aliphatic heterocycles. The molecule has 6 heteroatoms. The molecule has 0 spiro atoms. The zero-order valence-electron chi connectivity index (χ0n) is 20.9. The van der Waals surface area contributed by atoms with Crippen molar-refractivity contribution in [1.82, 2.24) is 4.90 Å². The largest absolute Gasteiger partial charge is 0.493 e. The predicted molar refractivity (Wildman–Crippen MR) is 131 cm³/mol. The first-order valence-electron chi connectivity index (χ1n) is 12.2. The van der Waals surface area contributed by atoms with Crippen molar-refractivity contribution in [3.8, 4) is 17.6 Å². The summed E-state index contributed by atoms with van der Waals surface area (Å²) in [5.41, 5.74) is 2.16. The molecule has 3 rings (SSSR count). The number of rotatable bonds is 11. The van der Waals surface area contributed by atoms with Gasteiger partial charge in [-0.05, 0) is 63.4 Å². The SMILES string of the molecule is [2H]C(C)(C)N(Cc1ccccc1OCCCCCC(=O)O)C(=O)c1ccc(C#CC2COC2)cc1. The van der Waals surface area contributed by atoms with E-state index in [4.69, 9.17) is 16.0 Å². The Morgan fingerprint density at radius 3 is 2.53 bits per heavy atom. The fourth-order valence-corrected chi connectivity index (χ4v) is 3.47. The Balaban J connectivity index is 1.66. The average molecular weight is 465 g/mol. The molecule has 180 valence electrons. The number of aliphatic carboxylic acids is 1. The Morgan fingerprint density at radius 2 is 1.88 bits per heavy atom. The van der Waals surface area contributed by atoms with Gasteiger partial charge >= 0.3 is 5.97 Å². The topological polar surface area (TPSA) is 76.1 Å². The van der Waals surface area contributed by atoms with Crippen molar-refractivity contribution in [2.24, 2.45) is 5.92 Å². The number of ether oxygens (including phenoxy) is 2. The maximum atomic E-state index is 13.4. The van der Waals surface area contributed by atoms with Crippen molar-refractivity contribution in [2.75, 3.05) is 19.8 Å². The van der Waals surface area contributed by atoms with E-state index in [2.05, 4.69) is 11.8 Å². The predicted octanol–water partition coefficient (Wildman–Crippen LogP) is 4.76. The van der Waals surface area contributed by atoms with E-state index in [9.17, 15) is 9.59 Å². The maximum absolute atomic E-state index is 13.4. The average Bonchev–Trinajstić information content (AvgIpc) is 2.78. The van der Waals surface area contributed by atoms with Gasteiger partial charge in [0.1, 0.15) is 5.75 Å². The summed E-state index contributed by atoms with van der Waals surface area (Å²) in [5, 5.41) is 8.74. The van der Waals surface area contributed by atoms with Crippen LogP contribution >= 0.6 is 0 Å². The molecule has 1 aliphatic rings. The zero-order chi connectivity index (χ0) is 25.3. The third-order valence-electron chi connectivity index (χ3n) is 5.57. The second-order valence-corrected chi connectivity index (χ2v) is 8.58. The lowest BCUT2D eigenvalue weighted by atomic mass is 10.1. The molecule has 1 heterocycles. The van der Waals surface area contributed by atoms with Crippen LogP contribution in [0.2, 0.25) is 0 Å². The number of hydrogen-bond donors (Lipinski definition) is 1. The van der Waals surface area contributed by atoms with Crippen LogP contribution in [0.3, 0.4) is 0 Å². The Kier molecular flexibility index (Phi) is 8.98. The lowest BCUT2D eigenvalue weighted by molar-refractivity contribution is -0.137. The molecule has 0 radical (unpaired) electrons. The summed E-state index contributed by atoms with van der Waals surface area (Å²) in [7, 11) is 0. The molecule has 0 aliphatic carbocycles. The van der Waals surface area contributed by atoms with Crippen molar-refractivity contribution in [1.29, 1.82) is 0 Å². The lowest BCUT2D eigenvalue weighted by Crippen LogP contribution is -2.36. The first-order valence-corrected chi connectivity index (χ1v) is 11.7. The first-order chi connectivity index (χ1) is 16.7. The first kappa shape index (κ1) is 23.8. The second-order valence-electron chi connectivity index (χ2n) is 8.58. The number of benzene rings is 2. The second kappa shape index (κ2) is 12.8. The molecule has 2 aromatic rings. The summed E-state index contributed by atoms with van der Waals surface area (Å²) in [6.07, 6.45) is 2.30. The third-order valence-corrected chi connectivity index (χ3v) is 5.57. The van der Waals surface area contributed by atoms with E-state index in [0.29, 0.717) is 37.6 Å². The van der Waals surface area contributed by atoms with Crippen LogP contribution in [0, 0.1) is 17.8 Å². The number of carboxylic acid groups (broad SMARTS) is 1. The highest BCUT2D eigenvalue weighted by molar-refractivity contribution is 5.94. The number of para-hydroxylation sites is 1. The molecular weight excluding hydrogens is 430 g/mol. The van der Waals surface area contributed by atoms with Crippen LogP contribution in [0.15, 0.2) is 48.5 Å². The molecule has 0 unspecified atom stereocenters. The van der Waals surface area contributed by atoms with Gasteiger partial charge in [0.15, 0.2) is 0 Å². The number of carbonyl (C=O) groups excluding carboxylic acids is 1. The zero-order valence-corrected chi connectivity index (χ0v) is 19.9. The summed E-state index contributed by atoms with van der Waals surface area (Å²) >= 11 is 0. The lowest BCUT2D eigenvalue weighted by Gasteiger charge is -2.28. The number of hydrogen-bond acceptors (Lipinski definition) is 4. The molecule has 0 aromatic heterocycles. The van der Waals surface area contributed by atoms with Gasteiger partial charge in [0.2, 0.25) is 0 Å². The fraction of sp³-hybridized carbons (Fsp3) is 0.429. The molecule has 1 amide bonds. The summed E-state index contributed by atoms with van der Waals surface area (Å²) < 4.78 is 19.7. The van der Waals surface area contributed by atoms with Crippen molar-refractivity contribution in [3.63, 3.8) is 0 Å². The highest BCUT2D eigenvalue weighted by Gasteiger charge is 2.21. The van der Waals surface area contributed by atoms with E-state index >= 15 is 0 Å². The highest BCUT2D eigenvalue weighted by atomic mass is 16.5. The summed E-state index contributed by atoms with van der Waals surface area (Å²) in [6.45, 7) is 5.42. The van der Waals surface area contributed by atoms with E-state index in [1.54, 1.807) is 26.0 Å². The number of carboxylic acids is 1. The molecule has 0 saturated carbocycles. The van der Waals surface area contributed by atoms with Gasteiger partial charge in [-0.25, -0.2) is 0 Å². The normalized spacial score (nSPS) is 13.8. The minimum Gasteiger partial charge on any atom is -0.493 e. The van der Waals surface area contributed by atoms with E-state index < -0.39 is 12.0 Å². The Bertz CT molecular complexity index is 1060. The molecule has 6 nitrogen and oxygen atoms in total. The van der Waals surface area contributed by atoms with E-state index in [-0.39, 0.29) is 24.8 Å². The molecule has 1 N–H and O–H groups in total. The minimum absolute atomic E-state index is 0.162. The van der Waals surface area contributed by atoms with Crippen molar-refractivity contribution in [3.05, 3.63) is 65.2 Å². The van der Waals surface area contributed by atoms with Gasteiger partial charge < -0.3 is 19.5 Å². The molecular formula is C28H33NO5. The van der Waals surface area contributed by atoms with Gasteiger partial charge in [0.05, 0.1) is 27.1 Å². The molecule has 2 aromatic carbocycles. The monoisotopic (exact) mass is 464 g/mol. The van der Waals surface area contributed by atoms with Crippen molar-refractivity contribution >= 4 is 11.9 Å². The number of amides is 1. The standard InChI is InChI=1S/C28H33NO5/c1-21(2)29(28(32)24-15-13-22(14-16-24)11-12-23-19-33-20-23)18-25-8-5-6-9-26(25)34-17-7-3-4-10-27(30)31/h5-6,8-9,13-16,21,23H,3-4,7,10,17-20H2,1-2H3,(H,30,31)/i21D. The van der Waals surface area contributed by atoms with Crippen LogP contribution in [-0.4, -0.2) is 47.7 Å². The smallest absolute Gasteiger partial charge is 0.303 e. The van der Waals surface area contributed by atoms with E-state index in [1.807, 2.05) is 36.4 Å². The molecule has 34 heavy (non-hydrogen) atoms. The van der Waals surface area contributed by atoms with Gasteiger partial charge in [-0.2, -0.15) is 0 Å². The highest BCUT2D eigenvalue weighted by Crippen LogP contribution is 2.23. The quantitative estimate of drug-likeness (QED) is 0.383. The maximum Gasteiger partial charge on any atom is 0.303 e. The molecule has 0 atom stereocenters. The molecule has 1 saturated heterocycles. The van der Waals surface area contributed by atoms with Crippen molar-refractivity contribution in [2.45, 2.75) is 52.1 Å². The van der Waals surface area contributed by atoms with Gasteiger partial charge in [-0.15, -0.1) is 0 Å². The Labute approximate surface area is 203 Å². The van der Waals surface area contributed by atoms with Gasteiger partial charge in [-0.3, -0.25) is 9.59 Å². The minimum atomic E-state index is -1.15.